The number of nitrogens with zero attached hydrogens (tertiary/aromatic N) is 3. The first-order valence-electron chi connectivity index (χ1n) is 9.98. The summed E-state index contributed by atoms with van der Waals surface area (Å²) in [6.45, 7) is 6.93. The molecular formula is C21H31N5O. The van der Waals surface area contributed by atoms with Crippen molar-refractivity contribution in [3.63, 3.8) is 0 Å². The molecule has 0 radical (unpaired) electrons. The maximum atomic E-state index is 5.67. The van der Waals surface area contributed by atoms with Gasteiger partial charge in [-0.3, -0.25) is 4.68 Å². The summed E-state index contributed by atoms with van der Waals surface area (Å²) in [5.74, 6) is 1.68. The molecule has 146 valence electrons. The van der Waals surface area contributed by atoms with Crippen LogP contribution in [0, 0.1) is 5.92 Å². The zero-order chi connectivity index (χ0) is 18.7. The highest BCUT2D eigenvalue weighted by Crippen LogP contribution is 2.28. The fourth-order valence-corrected chi connectivity index (χ4v) is 2.77. The number of ether oxygens (including phenoxy) is 1. The van der Waals surface area contributed by atoms with Crippen LogP contribution in [-0.4, -0.2) is 42.0 Å². The molecule has 3 rings (SSSR count). The Labute approximate surface area is 162 Å². The summed E-state index contributed by atoms with van der Waals surface area (Å²) in [7, 11) is 0. The zero-order valence-electron chi connectivity index (χ0n) is 16.2. The minimum absolute atomic E-state index is 0.613. The molecule has 1 fully saturated rings. The van der Waals surface area contributed by atoms with E-state index in [1.807, 2.05) is 16.9 Å². The smallest absolute Gasteiger partial charge is 0.191 e. The lowest BCUT2D eigenvalue weighted by molar-refractivity contribution is 0.123. The Morgan fingerprint density at radius 3 is 2.85 bits per heavy atom. The van der Waals surface area contributed by atoms with Crippen molar-refractivity contribution >= 4 is 5.96 Å². The third-order valence-corrected chi connectivity index (χ3v) is 4.45. The van der Waals surface area contributed by atoms with Crippen LogP contribution in [0.3, 0.4) is 0 Å². The molecule has 0 bridgehead atoms. The minimum Gasteiger partial charge on any atom is -0.381 e. The number of guanidine groups is 1. The number of aliphatic imine (C=N–C) groups is 1. The van der Waals surface area contributed by atoms with Crippen molar-refractivity contribution in [1.82, 2.24) is 20.4 Å². The maximum absolute atomic E-state index is 5.67. The highest BCUT2D eigenvalue weighted by atomic mass is 16.5. The van der Waals surface area contributed by atoms with Crippen LogP contribution in [0.5, 0.6) is 0 Å². The van der Waals surface area contributed by atoms with Gasteiger partial charge in [-0.05, 0) is 37.7 Å². The van der Waals surface area contributed by atoms with Gasteiger partial charge in [0, 0.05) is 38.1 Å². The molecule has 2 aromatic rings. The number of aromatic nitrogens is 2. The Bertz CT molecular complexity index is 694. The van der Waals surface area contributed by atoms with Gasteiger partial charge in [-0.15, -0.1) is 0 Å². The van der Waals surface area contributed by atoms with Crippen LogP contribution in [0.4, 0.5) is 0 Å². The van der Waals surface area contributed by atoms with Gasteiger partial charge in [-0.25, -0.2) is 4.99 Å². The maximum Gasteiger partial charge on any atom is 0.191 e. The molecule has 1 aromatic carbocycles. The summed E-state index contributed by atoms with van der Waals surface area (Å²) in [6, 6.07) is 10.4. The summed E-state index contributed by atoms with van der Waals surface area (Å²) in [6.07, 6.45) is 7.63. The predicted octanol–water partition coefficient (Wildman–Crippen LogP) is 2.80. The molecule has 0 unspecified atom stereocenters. The number of nitrogens with one attached hydrogen (secondary N) is 2. The Morgan fingerprint density at radius 2 is 2.07 bits per heavy atom. The minimum atomic E-state index is 0.613. The molecular weight excluding hydrogens is 338 g/mol. The van der Waals surface area contributed by atoms with Gasteiger partial charge >= 0.3 is 0 Å². The number of benzene rings is 1. The van der Waals surface area contributed by atoms with Crippen molar-refractivity contribution in [2.24, 2.45) is 10.9 Å². The van der Waals surface area contributed by atoms with E-state index in [0.717, 1.165) is 56.7 Å². The van der Waals surface area contributed by atoms with Crippen molar-refractivity contribution in [2.75, 3.05) is 26.3 Å². The number of rotatable bonds is 11. The first-order chi connectivity index (χ1) is 13.3. The second-order valence-corrected chi connectivity index (χ2v) is 7.03. The van der Waals surface area contributed by atoms with E-state index < -0.39 is 0 Å². The highest BCUT2D eigenvalue weighted by Gasteiger charge is 2.20. The Kier molecular flexibility index (Phi) is 7.71. The van der Waals surface area contributed by atoms with Crippen LogP contribution in [0.2, 0.25) is 0 Å². The van der Waals surface area contributed by atoms with Crippen LogP contribution < -0.4 is 10.6 Å². The molecule has 6 nitrogen and oxygen atoms in total. The lowest BCUT2D eigenvalue weighted by Gasteiger charge is -2.11. The fourth-order valence-electron chi connectivity index (χ4n) is 2.77. The SMILES string of the molecule is CCNC(=NCc1cnn(Cc2ccccc2)c1)NCCCOCC1CC1. The normalized spacial score (nSPS) is 14.3. The topological polar surface area (TPSA) is 63.5 Å². The summed E-state index contributed by atoms with van der Waals surface area (Å²) >= 11 is 0. The molecule has 1 aromatic heterocycles. The van der Waals surface area contributed by atoms with Crippen molar-refractivity contribution in [3.8, 4) is 0 Å². The lowest BCUT2D eigenvalue weighted by atomic mass is 10.2. The first-order valence-corrected chi connectivity index (χ1v) is 9.98. The van der Waals surface area contributed by atoms with Gasteiger partial charge in [-0.1, -0.05) is 30.3 Å². The van der Waals surface area contributed by atoms with E-state index in [1.165, 1.54) is 18.4 Å². The molecule has 1 heterocycles. The molecule has 1 aliphatic rings. The predicted molar refractivity (Wildman–Crippen MR) is 109 cm³/mol. The molecule has 0 amide bonds. The number of hydrogen-bond acceptors (Lipinski definition) is 3. The van der Waals surface area contributed by atoms with Crippen LogP contribution in [0.25, 0.3) is 0 Å². The van der Waals surface area contributed by atoms with Gasteiger partial charge in [0.15, 0.2) is 5.96 Å². The standard InChI is InChI=1S/C21H31N5O/c1-2-22-21(23-11-6-12-27-17-19-9-10-19)24-13-20-14-25-26(16-20)15-18-7-4-3-5-8-18/h3-5,7-8,14,16,19H,2,6,9-13,15,17H2,1H3,(H2,22,23,24). The van der Waals surface area contributed by atoms with E-state index in [2.05, 4.69) is 58.1 Å². The second-order valence-electron chi connectivity index (χ2n) is 7.03. The summed E-state index contributed by atoms with van der Waals surface area (Å²) in [5.41, 5.74) is 2.35. The van der Waals surface area contributed by atoms with Crippen molar-refractivity contribution in [3.05, 3.63) is 53.9 Å². The molecule has 1 aliphatic carbocycles. The second kappa shape index (κ2) is 10.7. The van der Waals surface area contributed by atoms with E-state index in [0.29, 0.717) is 6.54 Å². The van der Waals surface area contributed by atoms with Gasteiger partial charge in [0.2, 0.25) is 0 Å². The first kappa shape index (κ1) is 19.4. The van der Waals surface area contributed by atoms with Crippen molar-refractivity contribution < 1.29 is 4.74 Å². The molecule has 0 aliphatic heterocycles. The van der Waals surface area contributed by atoms with E-state index in [-0.39, 0.29) is 0 Å². The van der Waals surface area contributed by atoms with E-state index in [1.54, 1.807) is 0 Å². The van der Waals surface area contributed by atoms with Gasteiger partial charge < -0.3 is 15.4 Å². The molecule has 0 atom stereocenters. The Morgan fingerprint density at radius 1 is 1.22 bits per heavy atom. The van der Waals surface area contributed by atoms with Gasteiger partial charge in [0.1, 0.15) is 0 Å². The summed E-state index contributed by atoms with van der Waals surface area (Å²) < 4.78 is 7.63. The molecule has 2 N–H and O–H groups in total. The van der Waals surface area contributed by atoms with E-state index in [4.69, 9.17) is 4.74 Å². The van der Waals surface area contributed by atoms with Gasteiger partial charge in [-0.2, -0.15) is 5.10 Å². The molecule has 27 heavy (non-hydrogen) atoms. The van der Waals surface area contributed by atoms with E-state index in [9.17, 15) is 0 Å². The van der Waals surface area contributed by atoms with Crippen LogP contribution >= 0.6 is 0 Å². The average molecular weight is 370 g/mol. The number of hydrogen-bond donors (Lipinski definition) is 2. The molecule has 0 saturated heterocycles. The quantitative estimate of drug-likeness (QED) is 0.363. The van der Waals surface area contributed by atoms with Crippen LogP contribution in [0.1, 0.15) is 37.3 Å². The Hall–Kier alpha value is -2.34. The fraction of sp³-hybridized carbons (Fsp3) is 0.524. The largest absolute Gasteiger partial charge is 0.381 e. The van der Waals surface area contributed by atoms with Crippen molar-refractivity contribution in [2.45, 2.75) is 39.3 Å². The van der Waals surface area contributed by atoms with E-state index >= 15 is 0 Å². The van der Waals surface area contributed by atoms with Crippen molar-refractivity contribution in [1.29, 1.82) is 0 Å². The van der Waals surface area contributed by atoms with Gasteiger partial charge in [0.05, 0.1) is 19.3 Å². The average Bonchev–Trinajstić information content (AvgIpc) is 3.41. The Balaban J connectivity index is 1.40. The highest BCUT2D eigenvalue weighted by molar-refractivity contribution is 5.79. The zero-order valence-corrected chi connectivity index (χ0v) is 16.2. The molecule has 1 saturated carbocycles. The molecule has 0 spiro atoms. The summed E-state index contributed by atoms with van der Waals surface area (Å²) in [5, 5.41) is 11.1. The van der Waals surface area contributed by atoms with Crippen LogP contribution in [-0.2, 0) is 17.8 Å². The third kappa shape index (κ3) is 7.43. The monoisotopic (exact) mass is 369 g/mol. The summed E-state index contributed by atoms with van der Waals surface area (Å²) in [4.78, 5) is 4.66. The third-order valence-electron chi connectivity index (χ3n) is 4.45. The molecule has 6 heteroatoms. The lowest BCUT2D eigenvalue weighted by Crippen LogP contribution is -2.38. The van der Waals surface area contributed by atoms with Gasteiger partial charge in [0.25, 0.3) is 0 Å². The van der Waals surface area contributed by atoms with Crippen LogP contribution in [0.15, 0.2) is 47.7 Å².